The normalized spacial score (nSPS) is 19.3. The lowest BCUT2D eigenvalue weighted by Crippen LogP contribution is -2.40. The Morgan fingerprint density at radius 1 is 1.53 bits per heavy atom. The summed E-state index contributed by atoms with van der Waals surface area (Å²) < 4.78 is 5.25. The van der Waals surface area contributed by atoms with Gasteiger partial charge in [0.1, 0.15) is 17.7 Å². The van der Waals surface area contributed by atoms with Gasteiger partial charge in [-0.3, -0.25) is 0 Å². The predicted octanol–water partition coefficient (Wildman–Crippen LogP) is 1.58. The van der Waals surface area contributed by atoms with E-state index in [1.54, 1.807) is 6.20 Å². The number of ether oxygens (including phenoxy) is 1. The molecular formula is C13H20N4O2. The number of nitrogens with zero attached hydrogens (tertiary/aromatic N) is 3. The number of amides is 1. The Morgan fingerprint density at radius 3 is 2.95 bits per heavy atom. The maximum absolute atomic E-state index is 11.7. The smallest absolute Gasteiger partial charge is 0.407 e. The molecule has 1 aromatic rings. The molecule has 1 aliphatic rings. The van der Waals surface area contributed by atoms with Gasteiger partial charge in [-0.05, 0) is 33.3 Å². The summed E-state index contributed by atoms with van der Waals surface area (Å²) in [5, 5.41) is 2.89. The van der Waals surface area contributed by atoms with Crippen molar-refractivity contribution in [2.45, 2.75) is 38.8 Å². The van der Waals surface area contributed by atoms with Gasteiger partial charge in [0.05, 0.1) is 6.04 Å². The third kappa shape index (κ3) is 4.08. The summed E-state index contributed by atoms with van der Waals surface area (Å²) in [7, 11) is 0. The number of rotatable bonds is 2. The fraction of sp³-hybridized carbons (Fsp3) is 0.615. The standard InChI is InChI=1S/C13H20N4O2/c1-13(2,3)19-12(18)16-10-5-7-17(8-10)11-4-6-14-9-15-11/h4,6,9-10H,5,7-8H2,1-3H3,(H,16,18)/t10-/m0/s1. The minimum atomic E-state index is -0.463. The number of aromatic nitrogens is 2. The molecule has 2 heterocycles. The van der Waals surface area contributed by atoms with E-state index in [1.807, 2.05) is 26.8 Å². The number of hydrogen-bond acceptors (Lipinski definition) is 5. The summed E-state index contributed by atoms with van der Waals surface area (Å²) in [4.78, 5) is 21.9. The maximum Gasteiger partial charge on any atom is 0.407 e. The Hall–Kier alpha value is -1.85. The molecule has 1 amide bonds. The zero-order valence-electron chi connectivity index (χ0n) is 11.6. The minimum absolute atomic E-state index is 0.102. The van der Waals surface area contributed by atoms with Gasteiger partial charge in [-0.15, -0.1) is 0 Å². The Balaban J connectivity index is 1.84. The van der Waals surface area contributed by atoms with Crippen molar-refractivity contribution in [3.63, 3.8) is 0 Å². The lowest BCUT2D eigenvalue weighted by Gasteiger charge is -2.22. The van der Waals surface area contributed by atoms with E-state index in [0.717, 1.165) is 25.3 Å². The molecule has 1 aromatic heterocycles. The van der Waals surface area contributed by atoms with Crippen LogP contribution in [0.3, 0.4) is 0 Å². The maximum atomic E-state index is 11.7. The summed E-state index contributed by atoms with van der Waals surface area (Å²) in [6.07, 6.45) is 3.78. The second-order valence-electron chi connectivity index (χ2n) is 5.65. The van der Waals surface area contributed by atoms with Gasteiger partial charge in [-0.2, -0.15) is 0 Å². The van der Waals surface area contributed by atoms with Crippen molar-refractivity contribution >= 4 is 11.9 Å². The average molecular weight is 264 g/mol. The Bertz CT molecular complexity index is 430. The van der Waals surface area contributed by atoms with Gasteiger partial charge in [0, 0.05) is 19.3 Å². The van der Waals surface area contributed by atoms with Gasteiger partial charge >= 0.3 is 6.09 Å². The van der Waals surface area contributed by atoms with Gasteiger partial charge in [0.2, 0.25) is 0 Å². The number of carbonyl (C=O) groups excluding carboxylic acids is 1. The Labute approximate surface area is 113 Å². The van der Waals surface area contributed by atoms with Crippen molar-refractivity contribution in [3.8, 4) is 0 Å². The molecule has 1 aliphatic heterocycles. The summed E-state index contributed by atoms with van der Waals surface area (Å²) in [5.74, 6) is 0.892. The fourth-order valence-corrected chi connectivity index (χ4v) is 2.03. The molecule has 1 atom stereocenters. The van der Waals surface area contributed by atoms with Crippen molar-refractivity contribution < 1.29 is 9.53 Å². The molecule has 0 saturated carbocycles. The van der Waals surface area contributed by atoms with Crippen molar-refractivity contribution in [2.75, 3.05) is 18.0 Å². The highest BCUT2D eigenvalue weighted by atomic mass is 16.6. The molecule has 6 nitrogen and oxygen atoms in total. The third-order valence-electron chi connectivity index (χ3n) is 2.80. The van der Waals surface area contributed by atoms with Gasteiger partial charge in [-0.25, -0.2) is 14.8 Å². The van der Waals surface area contributed by atoms with Crippen LogP contribution in [-0.4, -0.2) is 40.8 Å². The first-order valence-corrected chi connectivity index (χ1v) is 6.44. The highest BCUT2D eigenvalue weighted by Gasteiger charge is 2.26. The SMILES string of the molecule is CC(C)(C)OC(=O)N[C@H]1CCN(c2ccncn2)C1. The molecule has 1 N–H and O–H groups in total. The van der Waals surface area contributed by atoms with Gasteiger partial charge in [0.25, 0.3) is 0 Å². The van der Waals surface area contributed by atoms with Crippen LogP contribution in [0.25, 0.3) is 0 Å². The van der Waals surface area contributed by atoms with E-state index >= 15 is 0 Å². The highest BCUT2D eigenvalue weighted by Crippen LogP contribution is 2.17. The molecule has 0 radical (unpaired) electrons. The lowest BCUT2D eigenvalue weighted by molar-refractivity contribution is 0.0509. The molecule has 0 aromatic carbocycles. The number of hydrogen-bond donors (Lipinski definition) is 1. The van der Waals surface area contributed by atoms with Gasteiger partial charge in [-0.1, -0.05) is 0 Å². The van der Waals surface area contributed by atoms with E-state index in [1.165, 1.54) is 6.33 Å². The summed E-state index contributed by atoms with van der Waals surface area (Å²) in [6, 6.07) is 1.97. The van der Waals surface area contributed by atoms with Gasteiger partial charge in [0.15, 0.2) is 0 Å². The average Bonchev–Trinajstić information content (AvgIpc) is 2.76. The van der Waals surface area contributed by atoms with Crippen LogP contribution in [0.5, 0.6) is 0 Å². The van der Waals surface area contributed by atoms with Crippen molar-refractivity contribution in [2.24, 2.45) is 0 Å². The second kappa shape index (κ2) is 5.42. The van der Waals surface area contributed by atoms with Gasteiger partial charge < -0.3 is 15.0 Å². The minimum Gasteiger partial charge on any atom is -0.444 e. The largest absolute Gasteiger partial charge is 0.444 e. The molecule has 0 aliphatic carbocycles. The molecule has 2 rings (SSSR count). The molecule has 0 unspecified atom stereocenters. The van der Waals surface area contributed by atoms with E-state index in [0.29, 0.717) is 0 Å². The number of carbonyl (C=O) groups is 1. The monoisotopic (exact) mass is 264 g/mol. The van der Waals surface area contributed by atoms with E-state index in [9.17, 15) is 4.79 Å². The predicted molar refractivity (Wildman–Crippen MR) is 72.0 cm³/mol. The zero-order chi connectivity index (χ0) is 13.9. The molecule has 0 spiro atoms. The van der Waals surface area contributed by atoms with Crippen LogP contribution < -0.4 is 10.2 Å². The van der Waals surface area contributed by atoms with E-state index < -0.39 is 5.60 Å². The molecule has 1 fully saturated rings. The van der Waals surface area contributed by atoms with Crippen LogP contribution in [0.1, 0.15) is 27.2 Å². The Kier molecular flexibility index (Phi) is 3.87. The van der Waals surface area contributed by atoms with Crippen LogP contribution in [0.4, 0.5) is 10.6 Å². The highest BCUT2D eigenvalue weighted by molar-refractivity contribution is 5.68. The summed E-state index contributed by atoms with van der Waals surface area (Å²) >= 11 is 0. The van der Waals surface area contributed by atoms with Crippen molar-refractivity contribution in [1.82, 2.24) is 15.3 Å². The Morgan fingerprint density at radius 2 is 2.32 bits per heavy atom. The van der Waals surface area contributed by atoms with Crippen LogP contribution in [0.2, 0.25) is 0 Å². The second-order valence-corrected chi connectivity index (χ2v) is 5.65. The van der Waals surface area contributed by atoms with Crippen LogP contribution in [0, 0.1) is 0 Å². The van der Waals surface area contributed by atoms with Crippen LogP contribution >= 0.6 is 0 Å². The first kappa shape index (κ1) is 13.6. The zero-order valence-corrected chi connectivity index (χ0v) is 11.6. The number of anilines is 1. The third-order valence-corrected chi connectivity index (χ3v) is 2.80. The first-order valence-electron chi connectivity index (χ1n) is 6.44. The lowest BCUT2D eigenvalue weighted by atomic mass is 10.2. The molecule has 1 saturated heterocycles. The molecule has 104 valence electrons. The topological polar surface area (TPSA) is 67.3 Å². The number of nitrogens with one attached hydrogen (secondary N) is 1. The molecule has 0 bridgehead atoms. The molecule has 19 heavy (non-hydrogen) atoms. The number of alkyl carbamates (subject to hydrolysis) is 1. The van der Waals surface area contributed by atoms with Crippen molar-refractivity contribution in [1.29, 1.82) is 0 Å². The van der Waals surface area contributed by atoms with E-state index in [4.69, 9.17) is 4.74 Å². The van der Waals surface area contributed by atoms with Crippen LogP contribution in [0.15, 0.2) is 18.6 Å². The van der Waals surface area contributed by atoms with Crippen LogP contribution in [-0.2, 0) is 4.74 Å². The summed E-state index contributed by atoms with van der Waals surface area (Å²) in [6.45, 7) is 7.19. The molecule has 6 heteroatoms. The first-order chi connectivity index (χ1) is 8.94. The fourth-order valence-electron chi connectivity index (χ4n) is 2.03. The quantitative estimate of drug-likeness (QED) is 0.878. The molecular weight excluding hydrogens is 244 g/mol. The summed E-state index contributed by atoms with van der Waals surface area (Å²) in [5.41, 5.74) is -0.463. The van der Waals surface area contributed by atoms with E-state index in [-0.39, 0.29) is 12.1 Å². The van der Waals surface area contributed by atoms with Crippen molar-refractivity contribution in [3.05, 3.63) is 18.6 Å². The van der Waals surface area contributed by atoms with E-state index in [2.05, 4.69) is 20.2 Å².